The SMILES string of the molecule is CC1=CC(C)C=C2C=C(C)CC=CC2=C1. The van der Waals surface area contributed by atoms with Crippen LogP contribution in [0, 0.1) is 5.92 Å². The minimum Gasteiger partial charge on any atom is -0.0799 e. The fourth-order valence-corrected chi connectivity index (χ4v) is 2.19. The van der Waals surface area contributed by atoms with Crippen molar-refractivity contribution < 1.29 is 0 Å². The van der Waals surface area contributed by atoms with Crippen LogP contribution in [0.25, 0.3) is 0 Å². The zero-order valence-electron chi connectivity index (χ0n) is 9.75. The first-order chi connectivity index (χ1) is 7.15. The topological polar surface area (TPSA) is 0 Å². The van der Waals surface area contributed by atoms with Gasteiger partial charge in [0.05, 0.1) is 0 Å². The van der Waals surface area contributed by atoms with Gasteiger partial charge in [-0.15, -0.1) is 0 Å². The lowest BCUT2D eigenvalue weighted by molar-refractivity contribution is 0.928. The van der Waals surface area contributed by atoms with Gasteiger partial charge in [0.1, 0.15) is 0 Å². The third-order valence-electron chi connectivity index (χ3n) is 2.82. The lowest BCUT2D eigenvalue weighted by Gasteiger charge is -2.03. The summed E-state index contributed by atoms with van der Waals surface area (Å²) >= 11 is 0. The summed E-state index contributed by atoms with van der Waals surface area (Å²) in [5.41, 5.74) is 5.53. The van der Waals surface area contributed by atoms with Gasteiger partial charge in [-0.2, -0.15) is 0 Å². The second-order valence-corrected chi connectivity index (χ2v) is 4.59. The van der Waals surface area contributed by atoms with Crippen molar-refractivity contribution >= 4 is 0 Å². The average Bonchev–Trinajstić information content (AvgIpc) is 2.34. The Labute approximate surface area is 92.4 Å². The van der Waals surface area contributed by atoms with E-state index in [1.165, 1.54) is 22.3 Å². The molecule has 0 aromatic carbocycles. The van der Waals surface area contributed by atoms with Crippen LogP contribution in [0.5, 0.6) is 0 Å². The molecular weight excluding hydrogens is 180 g/mol. The fourth-order valence-electron chi connectivity index (χ4n) is 2.19. The maximum absolute atomic E-state index is 2.35. The Hall–Kier alpha value is -1.30. The van der Waals surface area contributed by atoms with E-state index in [0.29, 0.717) is 5.92 Å². The molecule has 0 nitrogen and oxygen atoms in total. The lowest BCUT2D eigenvalue weighted by atomic mass is 10.0. The highest BCUT2D eigenvalue weighted by Crippen LogP contribution is 2.27. The van der Waals surface area contributed by atoms with Crippen molar-refractivity contribution in [2.24, 2.45) is 5.92 Å². The molecule has 0 radical (unpaired) electrons. The van der Waals surface area contributed by atoms with Gasteiger partial charge in [0, 0.05) is 0 Å². The quantitative estimate of drug-likeness (QED) is 0.543. The van der Waals surface area contributed by atoms with Gasteiger partial charge in [-0.1, -0.05) is 54.5 Å². The number of allylic oxidation sites excluding steroid dienone is 10. The van der Waals surface area contributed by atoms with Gasteiger partial charge in [0.2, 0.25) is 0 Å². The van der Waals surface area contributed by atoms with Crippen LogP contribution >= 0.6 is 0 Å². The van der Waals surface area contributed by atoms with E-state index >= 15 is 0 Å². The molecule has 0 fully saturated rings. The largest absolute Gasteiger partial charge is 0.0799 e. The third kappa shape index (κ3) is 2.38. The smallest absolute Gasteiger partial charge is 0.00670 e. The molecule has 2 aliphatic rings. The molecule has 2 rings (SSSR count). The minimum absolute atomic E-state index is 0.532. The average molecular weight is 198 g/mol. The highest BCUT2D eigenvalue weighted by molar-refractivity contribution is 5.54. The number of hydrogen-bond donors (Lipinski definition) is 0. The van der Waals surface area contributed by atoms with Crippen molar-refractivity contribution in [1.29, 1.82) is 0 Å². The van der Waals surface area contributed by atoms with Crippen molar-refractivity contribution in [2.75, 3.05) is 0 Å². The lowest BCUT2D eigenvalue weighted by Crippen LogP contribution is -1.86. The molecule has 0 saturated heterocycles. The third-order valence-corrected chi connectivity index (χ3v) is 2.82. The molecule has 2 aliphatic carbocycles. The summed E-state index contributed by atoms with van der Waals surface area (Å²) in [5.74, 6) is 0.532. The molecule has 0 N–H and O–H groups in total. The van der Waals surface area contributed by atoms with Crippen LogP contribution in [-0.4, -0.2) is 0 Å². The zero-order chi connectivity index (χ0) is 10.8. The van der Waals surface area contributed by atoms with Gasteiger partial charge in [-0.3, -0.25) is 0 Å². The van der Waals surface area contributed by atoms with Gasteiger partial charge < -0.3 is 0 Å². The molecule has 0 saturated carbocycles. The van der Waals surface area contributed by atoms with Gasteiger partial charge in [0.15, 0.2) is 0 Å². The predicted octanol–water partition coefficient (Wildman–Crippen LogP) is 4.34. The Morgan fingerprint density at radius 3 is 2.67 bits per heavy atom. The first-order valence-corrected chi connectivity index (χ1v) is 5.61. The normalized spacial score (nSPS) is 25.4. The van der Waals surface area contributed by atoms with Gasteiger partial charge in [0.25, 0.3) is 0 Å². The molecule has 1 atom stereocenters. The molecule has 0 amide bonds. The summed E-state index contributed by atoms with van der Waals surface area (Å²) in [5, 5.41) is 0. The van der Waals surface area contributed by atoms with Crippen molar-refractivity contribution in [1.82, 2.24) is 0 Å². The molecule has 0 heteroatoms. The van der Waals surface area contributed by atoms with Crippen LogP contribution in [0.2, 0.25) is 0 Å². The molecule has 0 heterocycles. The van der Waals surface area contributed by atoms with E-state index in [2.05, 4.69) is 57.2 Å². The summed E-state index contributed by atoms with van der Waals surface area (Å²) in [6.45, 7) is 6.62. The molecule has 0 aromatic rings. The first kappa shape index (κ1) is 10.2. The van der Waals surface area contributed by atoms with Crippen molar-refractivity contribution in [3.05, 3.63) is 58.7 Å². The summed E-state index contributed by atoms with van der Waals surface area (Å²) in [6, 6.07) is 0. The van der Waals surface area contributed by atoms with Crippen LogP contribution < -0.4 is 0 Å². The van der Waals surface area contributed by atoms with Crippen molar-refractivity contribution in [3.63, 3.8) is 0 Å². The van der Waals surface area contributed by atoms with E-state index in [1.807, 2.05) is 0 Å². The van der Waals surface area contributed by atoms with E-state index in [-0.39, 0.29) is 0 Å². The maximum atomic E-state index is 2.35. The predicted molar refractivity (Wildman–Crippen MR) is 66.6 cm³/mol. The maximum Gasteiger partial charge on any atom is -0.00670 e. The van der Waals surface area contributed by atoms with E-state index in [0.717, 1.165) is 6.42 Å². The van der Waals surface area contributed by atoms with E-state index in [4.69, 9.17) is 0 Å². The Morgan fingerprint density at radius 1 is 1.07 bits per heavy atom. The minimum atomic E-state index is 0.532. The molecular formula is C15H18. The highest BCUT2D eigenvalue weighted by atomic mass is 14.1. The Balaban J connectivity index is 2.50. The van der Waals surface area contributed by atoms with Crippen LogP contribution in [0.15, 0.2) is 58.7 Å². The van der Waals surface area contributed by atoms with E-state index in [1.54, 1.807) is 0 Å². The van der Waals surface area contributed by atoms with E-state index in [9.17, 15) is 0 Å². The summed E-state index contributed by atoms with van der Waals surface area (Å²) in [6.07, 6.45) is 14.8. The molecule has 0 spiro atoms. The fraction of sp³-hybridized carbons (Fsp3) is 0.333. The summed E-state index contributed by atoms with van der Waals surface area (Å²) in [4.78, 5) is 0. The Bertz CT molecular complexity index is 411. The summed E-state index contributed by atoms with van der Waals surface area (Å²) < 4.78 is 0. The van der Waals surface area contributed by atoms with Crippen LogP contribution in [0.1, 0.15) is 27.2 Å². The van der Waals surface area contributed by atoms with Gasteiger partial charge in [-0.25, -0.2) is 0 Å². The molecule has 78 valence electrons. The zero-order valence-corrected chi connectivity index (χ0v) is 9.75. The molecule has 0 aromatic heterocycles. The molecule has 0 aliphatic heterocycles. The molecule has 15 heavy (non-hydrogen) atoms. The van der Waals surface area contributed by atoms with Crippen LogP contribution in [0.3, 0.4) is 0 Å². The van der Waals surface area contributed by atoms with Crippen molar-refractivity contribution in [2.45, 2.75) is 27.2 Å². The second kappa shape index (κ2) is 4.06. The van der Waals surface area contributed by atoms with E-state index < -0.39 is 0 Å². The molecule has 1 unspecified atom stereocenters. The van der Waals surface area contributed by atoms with Gasteiger partial charge >= 0.3 is 0 Å². The first-order valence-electron chi connectivity index (χ1n) is 5.61. The van der Waals surface area contributed by atoms with Gasteiger partial charge in [-0.05, 0) is 37.3 Å². The Morgan fingerprint density at radius 2 is 1.87 bits per heavy atom. The standard InChI is InChI=1S/C15H18/c1-11-5-4-6-14-9-12(2)7-13(3)10-15(14)8-11/h4,6-10,13H,5H2,1-3H3. The molecule has 0 bridgehead atoms. The Kier molecular flexibility index (Phi) is 2.77. The van der Waals surface area contributed by atoms with Crippen LogP contribution in [-0.2, 0) is 0 Å². The number of fused-ring (bicyclic) bond motifs is 1. The highest BCUT2D eigenvalue weighted by Gasteiger charge is 2.09. The number of rotatable bonds is 0. The van der Waals surface area contributed by atoms with Crippen LogP contribution in [0.4, 0.5) is 0 Å². The van der Waals surface area contributed by atoms with Crippen molar-refractivity contribution in [3.8, 4) is 0 Å². The summed E-state index contributed by atoms with van der Waals surface area (Å²) in [7, 11) is 0. The second-order valence-electron chi connectivity index (χ2n) is 4.59. The monoisotopic (exact) mass is 198 g/mol. The number of hydrogen-bond acceptors (Lipinski definition) is 0.